The third kappa shape index (κ3) is 3.17. The lowest BCUT2D eigenvalue weighted by atomic mass is 10.2. The van der Waals surface area contributed by atoms with Crippen LogP contribution < -0.4 is 5.73 Å². The van der Waals surface area contributed by atoms with E-state index in [2.05, 4.69) is 0 Å². The molecule has 1 amide bonds. The molecule has 0 aromatic heterocycles. The third-order valence-electron chi connectivity index (χ3n) is 2.21. The van der Waals surface area contributed by atoms with Crippen molar-refractivity contribution in [3.63, 3.8) is 0 Å². The van der Waals surface area contributed by atoms with Crippen molar-refractivity contribution in [1.29, 1.82) is 0 Å². The zero-order valence-corrected chi connectivity index (χ0v) is 7.55. The number of primary amides is 1. The average Bonchev–Trinajstić information content (AvgIpc) is 2.46. The second-order valence-corrected chi connectivity index (χ2v) is 3.30. The van der Waals surface area contributed by atoms with Crippen molar-refractivity contribution in [2.75, 3.05) is 13.1 Å². The van der Waals surface area contributed by atoms with Crippen LogP contribution in [-0.4, -0.2) is 36.1 Å². The Bertz CT molecular complexity index is 217. The van der Waals surface area contributed by atoms with Gasteiger partial charge in [0, 0.05) is 13.1 Å². The number of likely N-dealkylation sites (tertiary alicyclic amines) is 1. The summed E-state index contributed by atoms with van der Waals surface area (Å²) in [7, 11) is 0. The Kier molecular flexibility index (Phi) is 3.36. The topological polar surface area (TPSA) is 46.3 Å². The van der Waals surface area contributed by atoms with Gasteiger partial charge in [-0.25, -0.2) is 0 Å². The fourth-order valence-corrected chi connectivity index (χ4v) is 1.49. The van der Waals surface area contributed by atoms with Crippen molar-refractivity contribution < 1.29 is 18.0 Å². The molecule has 1 radical (unpaired) electrons. The highest BCUT2D eigenvalue weighted by atomic mass is 19.4. The first-order chi connectivity index (χ1) is 6.40. The summed E-state index contributed by atoms with van der Waals surface area (Å²) >= 11 is 0. The predicted molar refractivity (Wildman–Crippen MR) is 44.1 cm³/mol. The summed E-state index contributed by atoms with van der Waals surface area (Å²) in [4.78, 5) is 12.3. The van der Waals surface area contributed by atoms with E-state index in [0.29, 0.717) is 13.0 Å². The van der Waals surface area contributed by atoms with Gasteiger partial charge in [-0.15, -0.1) is 0 Å². The lowest BCUT2D eigenvalue weighted by molar-refractivity contribution is -0.140. The van der Waals surface area contributed by atoms with Gasteiger partial charge in [-0.2, -0.15) is 13.2 Å². The normalized spacial score (nSPS) is 24.1. The number of nitrogens with two attached hydrogens (primary N) is 1. The Morgan fingerprint density at radius 3 is 2.71 bits per heavy atom. The molecule has 0 bridgehead atoms. The zero-order chi connectivity index (χ0) is 10.8. The van der Waals surface area contributed by atoms with Crippen LogP contribution >= 0.6 is 0 Å². The van der Waals surface area contributed by atoms with Crippen LogP contribution in [0.3, 0.4) is 0 Å². The van der Waals surface area contributed by atoms with E-state index in [1.54, 1.807) is 6.42 Å². The molecule has 0 saturated carbocycles. The fourth-order valence-electron chi connectivity index (χ4n) is 1.49. The van der Waals surface area contributed by atoms with Crippen LogP contribution in [0, 0.1) is 6.42 Å². The van der Waals surface area contributed by atoms with Crippen molar-refractivity contribution in [2.24, 2.45) is 5.73 Å². The number of nitrogens with zero attached hydrogens (tertiary/aromatic N) is 1. The molecule has 1 saturated heterocycles. The maximum absolute atomic E-state index is 11.9. The van der Waals surface area contributed by atoms with Crippen molar-refractivity contribution in [2.45, 2.75) is 25.1 Å². The van der Waals surface area contributed by atoms with Crippen molar-refractivity contribution in [1.82, 2.24) is 4.90 Å². The number of rotatable bonds is 3. The van der Waals surface area contributed by atoms with Gasteiger partial charge in [-0.1, -0.05) is 0 Å². The molecule has 81 valence electrons. The average molecular weight is 209 g/mol. The van der Waals surface area contributed by atoms with Crippen LogP contribution in [0.2, 0.25) is 0 Å². The van der Waals surface area contributed by atoms with Crippen molar-refractivity contribution >= 4 is 5.91 Å². The number of amides is 1. The molecule has 6 heteroatoms. The highest BCUT2D eigenvalue weighted by Gasteiger charge is 2.33. The monoisotopic (exact) mass is 209 g/mol. The van der Waals surface area contributed by atoms with Crippen LogP contribution in [0.15, 0.2) is 0 Å². The second kappa shape index (κ2) is 4.16. The Morgan fingerprint density at radius 2 is 2.21 bits per heavy atom. The van der Waals surface area contributed by atoms with E-state index in [1.807, 2.05) is 0 Å². The van der Waals surface area contributed by atoms with E-state index in [0.717, 1.165) is 0 Å². The van der Waals surface area contributed by atoms with Gasteiger partial charge in [-0.3, -0.25) is 9.69 Å². The molecule has 1 unspecified atom stereocenters. The van der Waals surface area contributed by atoms with Gasteiger partial charge < -0.3 is 5.73 Å². The highest BCUT2D eigenvalue weighted by molar-refractivity contribution is 5.80. The molecule has 14 heavy (non-hydrogen) atoms. The SMILES string of the molecule is NC(=O)C1C[CH]CN1CCC(F)(F)F. The van der Waals surface area contributed by atoms with Gasteiger partial charge in [0.1, 0.15) is 0 Å². The summed E-state index contributed by atoms with van der Waals surface area (Å²) in [6.07, 6.45) is -2.85. The van der Waals surface area contributed by atoms with E-state index in [1.165, 1.54) is 4.90 Å². The zero-order valence-electron chi connectivity index (χ0n) is 7.55. The summed E-state index contributed by atoms with van der Waals surface area (Å²) in [5.41, 5.74) is 5.05. The maximum atomic E-state index is 11.9. The molecule has 0 aliphatic carbocycles. The van der Waals surface area contributed by atoms with Crippen molar-refractivity contribution in [3.8, 4) is 0 Å². The molecule has 1 rings (SSSR count). The molecule has 0 spiro atoms. The Morgan fingerprint density at radius 1 is 1.57 bits per heavy atom. The Balaban J connectivity index is 2.40. The van der Waals surface area contributed by atoms with Crippen LogP contribution in [0.25, 0.3) is 0 Å². The minimum atomic E-state index is -4.18. The second-order valence-electron chi connectivity index (χ2n) is 3.30. The van der Waals surface area contributed by atoms with Gasteiger partial charge in [0.2, 0.25) is 5.91 Å². The van der Waals surface area contributed by atoms with Crippen molar-refractivity contribution in [3.05, 3.63) is 6.42 Å². The third-order valence-corrected chi connectivity index (χ3v) is 2.21. The van der Waals surface area contributed by atoms with E-state index in [4.69, 9.17) is 5.73 Å². The molecule has 1 fully saturated rings. The number of hydrogen-bond acceptors (Lipinski definition) is 2. The minimum absolute atomic E-state index is 0.159. The minimum Gasteiger partial charge on any atom is -0.368 e. The van der Waals surface area contributed by atoms with Crippen LogP contribution in [-0.2, 0) is 4.79 Å². The number of halogens is 3. The molecule has 1 aliphatic heterocycles. The first kappa shape index (κ1) is 11.3. The molecule has 1 atom stereocenters. The summed E-state index contributed by atoms with van der Waals surface area (Å²) in [6, 6.07) is -0.558. The molecule has 0 aromatic carbocycles. The van der Waals surface area contributed by atoms with Crippen LogP contribution in [0.5, 0.6) is 0 Å². The summed E-state index contributed by atoms with van der Waals surface area (Å²) in [5, 5.41) is 0. The summed E-state index contributed by atoms with van der Waals surface area (Å²) in [5.74, 6) is -0.555. The molecule has 0 aromatic rings. The molecule has 3 nitrogen and oxygen atoms in total. The molecule has 1 aliphatic rings. The number of alkyl halides is 3. The standard InChI is InChI=1S/C8H12F3N2O/c9-8(10,11)3-5-13-4-1-2-6(13)7(12)14/h1,6H,2-5H2,(H2,12,14). The van der Waals surface area contributed by atoms with Crippen LogP contribution in [0.1, 0.15) is 12.8 Å². The van der Waals surface area contributed by atoms with Gasteiger partial charge in [0.05, 0.1) is 12.5 Å². The predicted octanol–water partition coefficient (Wildman–Crippen LogP) is 0.703. The Hall–Kier alpha value is -0.780. The number of hydrogen-bond donors (Lipinski definition) is 1. The summed E-state index contributed by atoms with van der Waals surface area (Å²) < 4.78 is 35.7. The summed E-state index contributed by atoms with van der Waals surface area (Å²) in [6.45, 7) is 0.247. The molecular weight excluding hydrogens is 197 g/mol. The number of carbonyl (C=O) groups is 1. The highest BCUT2D eigenvalue weighted by Crippen LogP contribution is 2.23. The van der Waals surface area contributed by atoms with E-state index < -0.39 is 24.5 Å². The first-order valence-corrected chi connectivity index (χ1v) is 4.32. The lowest BCUT2D eigenvalue weighted by Crippen LogP contribution is -2.41. The van der Waals surface area contributed by atoms with E-state index in [9.17, 15) is 18.0 Å². The maximum Gasteiger partial charge on any atom is 0.390 e. The lowest BCUT2D eigenvalue weighted by Gasteiger charge is -2.21. The van der Waals surface area contributed by atoms with Gasteiger partial charge in [0.25, 0.3) is 0 Å². The van der Waals surface area contributed by atoms with Gasteiger partial charge >= 0.3 is 6.18 Å². The molecule has 2 N–H and O–H groups in total. The quantitative estimate of drug-likeness (QED) is 0.743. The molecule has 1 heterocycles. The number of carbonyl (C=O) groups excluding carboxylic acids is 1. The first-order valence-electron chi connectivity index (χ1n) is 4.32. The molecular formula is C8H12F3N2O. The smallest absolute Gasteiger partial charge is 0.368 e. The Labute approximate surface area is 80.0 Å². The van der Waals surface area contributed by atoms with Crippen LogP contribution in [0.4, 0.5) is 13.2 Å². The fraction of sp³-hybridized carbons (Fsp3) is 0.750. The largest absolute Gasteiger partial charge is 0.390 e. The van der Waals surface area contributed by atoms with Gasteiger partial charge in [-0.05, 0) is 12.8 Å². The van der Waals surface area contributed by atoms with Gasteiger partial charge in [0.15, 0.2) is 0 Å². The van der Waals surface area contributed by atoms with E-state index >= 15 is 0 Å². The van der Waals surface area contributed by atoms with E-state index in [-0.39, 0.29) is 6.54 Å².